The molecule has 0 aliphatic rings. The zero-order chi connectivity index (χ0) is 14.0. The van der Waals surface area contributed by atoms with Crippen LogP contribution in [-0.4, -0.2) is 17.9 Å². The summed E-state index contributed by atoms with van der Waals surface area (Å²) in [7, 11) is 0. The van der Waals surface area contributed by atoms with Gasteiger partial charge in [0, 0.05) is 12.0 Å². The van der Waals surface area contributed by atoms with Crippen LogP contribution in [0.4, 0.5) is 5.69 Å². The van der Waals surface area contributed by atoms with Crippen molar-refractivity contribution in [3.05, 3.63) is 65.7 Å². The first-order valence-corrected chi connectivity index (χ1v) is 6.42. The molecular formula is C17H16N2O. The fraction of sp³-hybridized carbons (Fsp3) is 0.118. The lowest BCUT2D eigenvalue weighted by atomic mass is 10.1. The molecule has 3 heteroatoms. The number of nitrogens with one attached hydrogen (secondary N) is 1. The Labute approximate surface area is 119 Å². The maximum atomic E-state index is 8.65. The summed E-state index contributed by atoms with van der Waals surface area (Å²) >= 11 is 0. The maximum Gasteiger partial charge on any atom is 0.0561 e. The molecule has 0 atom stereocenters. The second-order valence-corrected chi connectivity index (χ2v) is 4.13. The van der Waals surface area contributed by atoms with E-state index in [1.807, 2.05) is 54.6 Å². The summed E-state index contributed by atoms with van der Waals surface area (Å²) in [5, 5.41) is 12.8. The highest BCUT2D eigenvalue weighted by Crippen LogP contribution is 2.05. The smallest absolute Gasteiger partial charge is 0.0561 e. The fourth-order valence-electron chi connectivity index (χ4n) is 1.57. The van der Waals surface area contributed by atoms with Crippen molar-refractivity contribution in [3.63, 3.8) is 0 Å². The Hall–Kier alpha value is -2.57. The van der Waals surface area contributed by atoms with Gasteiger partial charge >= 0.3 is 0 Å². The highest BCUT2D eigenvalue weighted by molar-refractivity contribution is 5.80. The van der Waals surface area contributed by atoms with E-state index < -0.39 is 0 Å². The SMILES string of the molecule is OCCC#Cc1ccc(C=NNc2ccccc2)cc1. The van der Waals surface area contributed by atoms with Gasteiger partial charge in [-0.15, -0.1) is 0 Å². The molecule has 0 saturated carbocycles. The Morgan fingerprint density at radius 2 is 1.80 bits per heavy atom. The third kappa shape index (κ3) is 4.60. The summed E-state index contributed by atoms with van der Waals surface area (Å²) in [6, 6.07) is 17.6. The molecule has 2 aromatic carbocycles. The van der Waals surface area contributed by atoms with Gasteiger partial charge in [0.1, 0.15) is 0 Å². The number of hydrogen-bond donors (Lipinski definition) is 2. The molecule has 0 aliphatic carbocycles. The summed E-state index contributed by atoms with van der Waals surface area (Å²) in [5.74, 6) is 5.87. The van der Waals surface area contributed by atoms with Crippen LogP contribution < -0.4 is 5.43 Å². The van der Waals surface area contributed by atoms with Crippen LogP contribution in [0.1, 0.15) is 17.5 Å². The van der Waals surface area contributed by atoms with Crippen molar-refractivity contribution < 1.29 is 5.11 Å². The first kappa shape index (κ1) is 13.9. The number of aliphatic hydroxyl groups is 1. The lowest BCUT2D eigenvalue weighted by molar-refractivity contribution is 0.305. The van der Waals surface area contributed by atoms with Crippen molar-refractivity contribution in [2.45, 2.75) is 6.42 Å². The van der Waals surface area contributed by atoms with E-state index in [1.54, 1.807) is 6.21 Å². The van der Waals surface area contributed by atoms with Gasteiger partial charge in [-0.05, 0) is 29.8 Å². The molecule has 0 unspecified atom stereocenters. The molecule has 0 saturated heterocycles. The van der Waals surface area contributed by atoms with Crippen LogP contribution in [0.15, 0.2) is 59.7 Å². The van der Waals surface area contributed by atoms with Crippen LogP contribution in [0.5, 0.6) is 0 Å². The standard InChI is InChI=1S/C17H16N2O/c20-13-5-4-6-15-9-11-16(12-10-15)14-18-19-17-7-2-1-3-8-17/h1-3,7-12,14,19-20H,5,13H2. The van der Waals surface area contributed by atoms with Gasteiger partial charge in [0.05, 0.1) is 18.5 Å². The number of hydrogen-bond acceptors (Lipinski definition) is 3. The van der Waals surface area contributed by atoms with Gasteiger partial charge in [-0.3, -0.25) is 5.43 Å². The number of para-hydroxylation sites is 1. The molecule has 2 N–H and O–H groups in total. The Morgan fingerprint density at radius 1 is 1.05 bits per heavy atom. The van der Waals surface area contributed by atoms with Crippen LogP contribution in [0.25, 0.3) is 0 Å². The van der Waals surface area contributed by atoms with Crippen LogP contribution in [0.3, 0.4) is 0 Å². The normalized spacial score (nSPS) is 10.1. The Balaban J connectivity index is 1.92. The topological polar surface area (TPSA) is 44.6 Å². The van der Waals surface area contributed by atoms with Crippen molar-refractivity contribution in [2.24, 2.45) is 5.10 Å². The molecule has 100 valence electrons. The lowest BCUT2D eigenvalue weighted by Crippen LogP contribution is -1.90. The number of aliphatic hydroxyl groups excluding tert-OH is 1. The lowest BCUT2D eigenvalue weighted by Gasteiger charge is -1.98. The van der Waals surface area contributed by atoms with Gasteiger partial charge in [0.2, 0.25) is 0 Å². The number of anilines is 1. The first-order valence-electron chi connectivity index (χ1n) is 6.42. The summed E-state index contributed by atoms with van der Waals surface area (Å²) in [5.41, 5.74) is 5.85. The van der Waals surface area contributed by atoms with Crippen LogP contribution >= 0.6 is 0 Å². The van der Waals surface area contributed by atoms with E-state index in [4.69, 9.17) is 5.11 Å². The summed E-state index contributed by atoms with van der Waals surface area (Å²) in [6.07, 6.45) is 2.27. The highest BCUT2D eigenvalue weighted by Gasteiger charge is 1.89. The zero-order valence-electron chi connectivity index (χ0n) is 11.1. The molecule has 0 bridgehead atoms. The molecule has 0 heterocycles. The average molecular weight is 264 g/mol. The van der Waals surface area contributed by atoms with E-state index in [-0.39, 0.29) is 6.61 Å². The summed E-state index contributed by atoms with van der Waals surface area (Å²) < 4.78 is 0. The van der Waals surface area contributed by atoms with Crippen molar-refractivity contribution in [1.29, 1.82) is 0 Å². The first-order chi connectivity index (χ1) is 9.88. The highest BCUT2D eigenvalue weighted by atomic mass is 16.2. The molecule has 0 amide bonds. The van der Waals surface area contributed by atoms with Gasteiger partial charge < -0.3 is 5.11 Å². The van der Waals surface area contributed by atoms with Gasteiger partial charge in [0.15, 0.2) is 0 Å². The van der Waals surface area contributed by atoms with Crippen LogP contribution in [-0.2, 0) is 0 Å². The zero-order valence-corrected chi connectivity index (χ0v) is 11.1. The molecule has 0 fully saturated rings. The summed E-state index contributed by atoms with van der Waals surface area (Å²) in [4.78, 5) is 0. The van der Waals surface area contributed by atoms with Gasteiger partial charge in [-0.25, -0.2) is 0 Å². The van der Waals surface area contributed by atoms with E-state index in [0.29, 0.717) is 6.42 Å². The van der Waals surface area contributed by atoms with E-state index in [0.717, 1.165) is 16.8 Å². The fourth-order valence-corrected chi connectivity index (χ4v) is 1.57. The molecule has 3 nitrogen and oxygen atoms in total. The third-order valence-electron chi connectivity index (χ3n) is 2.56. The minimum atomic E-state index is 0.100. The second-order valence-electron chi connectivity index (χ2n) is 4.13. The number of rotatable bonds is 4. The quantitative estimate of drug-likeness (QED) is 0.506. The summed E-state index contributed by atoms with van der Waals surface area (Å²) in [6.45, 7) is 0.100. The Bertz CT molecular complexity index is 607. The minimum absolute atomic E-state index is 0.100. The Kier molecular flexibility index (Phi) is 5.39. The minimum Gasteiger partial charge on any atom is -0.395 e. The number of hydrazone groups is 1. The van der Waals surface area contributed by atoms with Crippen molar-refractivity contribution in [3.8, 4) is 11.8 Å². The molecule has 2 aromatic rings. The van der Waals surface area contributed by atoms with Gasteiger partial charge in [-0.2, -0.15) is 5.10 Å². The van der Waals surface area contributed by atoms with E-state index in [9.17, 15) is 0 Å². The molecule has 20 heavy (non-hydrogen) atoms. The predicted octanol–water partition coefficient (Wildman–Crippen LogP) is 2.87. The van der Waals surface area contributed by atoms with E-state index in [2.05, 4.69) is 22.4 Å². The van der Waals surface area contributed by atoms with Crippen molar-refractivity contribution in [1.82, 2.24) is 0 Å². The second kappa shape index (κ2) is 7.78. The molecule has 2 rings (SSSR count). The van der Waals surface area contributed by atoms with E-state index >= 15 is 0 Å². The molecular weight excluding hydrogens is 248 g/mol. The third-order valence-corrected chi connectivity index (χ3v) is 2.56. The van der Waals surface area contributed by atoms with Crippen molar-refractivity contribution >= 4 is 11.9 Å². The molecule has 0 aromatic heterocycles. The molecule has 0 aliphatic heterocycles. The van der Waals surface area contributed by atoms with Gasteiger partial charge in [0.25, 0.3) is 0 Å². The average Bonchev–Trinajstić information content (AvgIpc) is 2.50. The van der Waals surface area contributed by atoms with Crippen molar-refractivity contribution in [2.75, 3.05) is 12.0 Å². The predicted molar refractivity (Wildman–Crippen MR) is 82.7 cm³/mol. The maximum absolute atomic E-state index is 8.65. The van der Waals surface area contributed by atoms with Gasteiger partial charge in [-0.1, -0.05) is 42.2 Å². The molecule has 0 radical (unpaired) electrons. The van der Waals surface area contributed by atoms with E-state index in [1.165, 1.54) is 0 Å². The Morgan fingerprint density at radius 3 is 2.50 bits per heavy atom. The largest absolute Gasteiger partial charge is 0.395 e. The van der Waals surface area contributed by atoms with Crippen LogP contribution in [0.2, 0.25) is 0 Å². The number of nitrogens with zero attached hydrogens (tertiary/aromatic N) is 1. The van der Waals surface area contributed by atoms with Crippen LogP contribution in [0, 0.1) is 11.8 Å². The molecule has 0 spiro atoms. The number of benzene rings is 2. The monoisotopic (exact) mass is 264 g/mol.